The number of nitrogen functional groups attached to an aromatic ring is 1. The Morgan fingerprint density at radius 3 is 3.06 bits per heavy atom. The molecule has 0 aliphatic carbocycles. The Morgan fingerprint density at radius 1 is 1.39 bits per heavy atom. The summed E-state index contributed by atoms with van der Waals surface area (Å²) < 4.78 is 1.14. The van der Waals surface area contributed by atoms with E-state index in [4.69, 9.17) is 5.73 Å². The van der Waals surface area contributed by atoms with E-state index in [1.165, 1.54) is 4.88 Å². The van der Waals surface area contributed by atoms with Crippen LogP contribution in [0.1, 0.15) is 4.88 Å². The quantitative estimate of drug-likeness (QED) is 0.646. The smallest absolute Gasteiger partial charge is 0.0702 e. The van der Waals surface area contributed by atoms with Gasteiger partial charge >= 0.3 is 0 Å². The molecule has 1 aromatic carbocycles. The number of aromatic nitrogens is 2. The first-order valence-corrected chi connectivity index (χ1v) is 7.04. The van der Waals surface area contributed by atoms with Crippen molar-refractivity contribution in [1.82, 2.24) is 10.2 Å². The first-order chi connectivity index (χ1) is 8.72. The lowest BCUT2D eigenvalue weighted by Gasteiger charge is -2.08. The number of benzene rings is 1. The average molecular weight is 323 g/mol. The van der Waals surface area contributed by atoms with Crippen molar-refractivity contribution in [2.45, 2.75) is 6.54 Å². The lowest BCUT2D eigenvalue weighted by molar-refractivity contribution is 1.12. The number of halogens is 1. The molecule has 6 heteroatoms. The van der Waals surface area contributed by atoms with E-state index >= 15 is 0 Å². The van der Waals surface area contributed by atoms with Gasteiger partial charge in [0.2, 0.25) is 0 Å². The maximum absolute atomic E-state index is 6.01. The molecule has 4 nitrogen and oxygen atoms in total. The van der Waals surface area contributed by atoms with Crippen LogP contribution in [-0.2, 0) is 6.54 Å². The standard InChI is InChI=1S/C12H11BrN4S/c13-12-2-1-8(18-12)6-15-11-4-10-7(3-9(11)14)5-16-17-10/h1-5,15H,6,14H2,(H,16,17). The lowest BCUT2D eigenvalue weighted by atomic mass is 10.2. The van der Waals surface area contributed by atoms with E-state index in [9.17, 15) is 0 Å². The second kappa shape index (κ2) is 4.62. The Balaban J connectivity index is 1.83. The van der Waals surface area contributed by atoms with Gasteiger partial charge < -0.3 is 11.1 Å². The number of hydrogen-bond acceptors (Lipinski definition) is 4. The Hall–Kier alpha value is -1.53. The molecule has 0 atom stereocenters. The lowest BCUT2D eigenvalue weighted by Crippen LogP contribution is -2.01. The molecule has 0 saturated carbocycles. The molecule has 3 rings (SSSR count). The molecule has 0 amide bonds. The van der Waals surface area contributed by atoms with Crippen molar-refractivity contribution in [1.29, 1.82) is 0 Å². The molecule has 0 fully saturated rings. The molecule has 18 heavy (non-hydrogen) atoms. The fourth-order valence-corrected chi connectivity index (χ4v) is 3.21. The van der Waals surface area contributed by atoms with Gasteiger partial charge in [-0.2, -0.15) is 5.10 Å². The fourth-order valence-electron chi connectivity index (χ4n) is 1.79. The molecule has 0 unspecified atom stereocenters. The van der Waals surface area contributed by atoms with Crippen LogP contribution in [0.5, 0.6) is 0 Å². The Morgan fingerprint density at radius 2 is 2.28 bits per heavy atom. The molecule has 4 N–H and O–H groups in total. The number of hydrogen-bond donors (Lipinski definition) is 3. The van der Waals surface area contributed by atoms with E-state index in [1.807, 2.05) is 18.2 Å². The monoisotopic (exact) mass is 322 g/mol. The van der Waals surface area contributed by atoms with Crippen LogP contribution < -0.4 is 11.1 Å². The zero-order valence-corrected chi connectivity index (χ0v) is 11.8. The average Bonchev–Trinajstić information content (AvgIpc) is 2.94. The molecule has 0 aliphatic rings. The molecule has 0 bridgehead atoms. The third-order valence-corrected chi connectivity index (χ3v) is 4.32. The van der Waals surface area contributed by atoms with Gasteiger partial charge in [-0.15, -0.1) is 11.3 Å². The van der Waals surface area contributed by atoms with Gasteiger partial charge in [0, 0.05) is 16.8 Å². The Labute approximate surface area is 116 Å². The highest BCUT2D eigenvalue weighted by molar-refractivity contribution is 9.11. The highest BCUT2D eigenvalue weighted by atomic mass is 79.9. The van der Waals surface area contributed by atoms with Crippen LogP contribution >= 0.6 is 27.3 Å². The van der Waals surface area contributed by atoms with Gasteiger partial charge in [0.05, 0.1) is 26.9 Å². The van der Waals surface area contributed by atoms with Crippen LogP contribution in [0.2, 0.25) is 0 Å². The Kier molecular flexibility index (Phi) is 2.97. The zero-order valence-electron chi connectivity index (χ0n) is 9.40. The maximum atomic E-state index is 6.01. The van der Waals surface area contributed by atoms with E-state index < -0.39 is 0 Å². The minimum Gasteiger partial charge on any atom is -0.397 e. The van der Waals surface area contributed by atoms with Crippen molar-refractivity contribution in [2.75, 3.05) is 11.1 Å². The van der Waals surface area contributed by atoms with Crippen molar-refractivity contribution in [2.24, 2.45) is 0 Å². The number of thiophene rings is 1. The van der Waals surface area contributed by atoms with E-state index in [-0.39, 0.29) is 0 Å². The van der Waals surface area contributed by atoms with E-state index in [0.29, 0.717) is 0 Å². The van der Waals surface area contributed by atoms with Crippen molar-refractivity contribution in [3.05, 3.63) is 39.1 Å². The molecule has 0 spiro atoms. The molecule has 0 aliphatic heterocycles. The van der Waals surface area contributed by atoms with Gasteiger partial charge in [-0.3, -0.25) is 5.10 Å². The van der Waals surface area contributed by atoms with Crippen LogP contribution in [-0.4, -0.2) is 10.2 Å². The number of fused-ring (bicyclic) bond motifs is 1. The van der Waals surface area contributed by atoms with Crippen LogP contribution in [0.25, 0.3) is 10.9 Å². The van der Waals surface area contributed by atoms with Gasteiger partial charge in [-0.25, -0.2) is 0 Å². The summed E-state index contributed by atoms with van der Waals surface area (Å²) in [6.07, 6.45) is 1.77. The zero-order chi connectivity index (χ0) is 12.5. The Bertz CT molecular complexity index is 688. The third-order valence-electron chi connectivity index (χ3n) is 2.69. The van der Waals surface area contributed by atoms with Gasteiger partial charge in [-0.05, 0) is 40.2 Å². The molecule has 2 aromatic heterocycles. The number of nitrogens with zero attached hydrogens (tertiary/aromatic N) is 1. The highest BCUT2D eigenvalue weighted by Gasteiger charge is 2.04. The van der Waals surface area contributed by atoms with Crippen LogP contribution in [0, 0.1) is 0 Å². The maximum Gasteiger partial charge on any atom is 0.0702 e. The first-order valence-electron chi connectivity index (χ1n) is 5.43. The first kappa shape index (κ1) is 11.6. The second-order valence-corrected chi connectivity index (χ2v) is 6.50. The van der Waals surface area contributed by atoms with E-state index in [2.05, 4.69) is 37.5 Å². The van der Waals surface area contributed by atoms with Crippen LogP contribution in [0.15, 0.2) is 34.2 Å². The van der Waals surface area contributed by atoms with Gasteiger partial charge in [0.15, 0.2) is 0 Å². The summed E-state index contributed by atoms with van der Waals surface area (Å²) in [4.78, 5) is 1.26. The SMILES string of the molecule is Nc1cc2cn[nH]c2cc1NCc1ccc(Br)s1. The van der Waals surface area contributed by atoms with Crippen molar-refractivity contribution >= 4 is 49.5 Å². The summed E-state index contributed by atoms with van der Waals surface area (Å²) in [5.41, 5.74) is 8.65. The van der Waals surface area contributed by atoms with Crippen molar-refractivity contribution < 1.29 is 0 Å². The molecule has 0 saturated heterocycles. The van der Waals surface area contributed by atoms with Crippen molar-refractivity contribution in [3.63, 3.8) is 0 Å². The fraction of sp³-hybridized carbons (Fsp3) is 0.0833. The summed E-state index contributed by atoms with van der Waals surface area (Å²) in [7, 11) is 0. The molecular weight excluding hydrogens is 312 g/mol. The number of nitrogens with one attached hydrogen (secondary N) is 2. The number of H-pyrrole nitrogens is 1. The number of nitrogens with two attached hydrogens (primary N) is 1. The van der Waals surface area contributed by atoms with Gasteiger partial charge in [0.1, 0.15) is 0 Å². The highest BCUT2D eigenvalue weighted by Crippen LogP contribution is 2.27. The van der Waals surface area contributed by atoms with E-state index in [0.717, 1.165) is 32.6 Å². The topological polar surface area (TPSA) is 66.7 Å². The van der Waals surface area contributed by atoms with Crippen LogP contribution in [0.4, 0.5) is 11.4 Å². The van der Waals surface area contributed by atoms with Crippen LogP contribution in [0.3, 0.4) is 0 Å². The van der Waals surface area contributed by atoms with Gasteiger partial charge in [-0.1, -0.05) is 0 Å². The molecule has 3 aromatic rings. The minimum atomic E-state index is 0.736. The number of rotatable bonds is 3. The number of anilines is 2. The summed E-state index contributed by atoms with van der Waals surface area (Å²) >= 11 is 5.16. The second-order valence-electron chi connectivity index (χ2n) is 3.96. The van der Waals surface area contributed by atoms with E-state index in [1.54, 1.807) is 17.5 Å². The predicted octanol–water partition coefficient (Wildman–Crippen LogP) is 3.58. The predicted molar refractivity (Wildman–Crippen MR) is 79.9 cm³/mol. The molecule has 92 valence electrons. The molecular formula is C12H11BrN4S. The molecule has 2 heterocycles. The summed E-state index contributed by atoms with van der Waals surface area (Å²) in [6, 6.07) is 8.04. The normalized spacial score (nSPS) is 10.9. The number of aromatic amines is 1. The minimum absolute atomic E-state index is 0.736. The van der Waals surface area contributed by atoms with Crippen molar-refractivity contribution in [3.8, 4) is 0 Å². The largest absolute Gasteiger partial charge is 0.397 e. The summed E-state index contributed by atoms with van der Waals surface area (Å²) in [5, 5.41) is 11.3. The van der Waals surface area contributed by atoms with Gasteiger partial charge in [0.25, 0.3) is 0 Å². The molecule has 0 radical (unpaired) electrons. The third kappa shape index (κ3) is 2.21. The summed E-state index contributed by atoms with van der Waals surface area (Å²) in [6.45, 7) is 0.764. The summed E-state index contributed by atoms with van der Waals surface area (Å²) in [5.74, 6) is 0.